The molecule has 0 unspecified atom stereocenters. The largest absolute Gasteiger partial charge is 0.497 e. The summed E-state index contributed by atoms with van der Waals surface area (Å²) in [6.45, 7) is 0. The van der Waals surface area contributed by atoms with Crippen molar-refractivity contribution in [3.8, 4) is 11.8 Å². The normalized spacial score (nSPS) is 10.6. The topological polar surface area (TPSA) is 74.5 Å². The molecule has 2 rings (SSSR count). The van der Waals surface area contributed by atoms with E-state index in [1.807, 2.05) is 0 Å². The van der Waals surface area contributed by atoms with E-state index >= 15 is 0 Å². The number of nitrogens with zero attached hydrogens (tertiary/aromatic N) is 2. The van der Waals surface area contributed by atoms with E-state index in [0.29, 0.717) is 17.0 Å². The Morgan fingerprint density at radius 2 is 1.81 bits per heavy atom. The number of ether oxygens (including phenoxy) is 1. The van der Waals surface area contributed by atoms with Crippen molar-refractivity contribution < 1.29 is 9.53 Å². The van der Waals surface area contributed by atoms with Crippen molar-refractivity contribution in [1.82, 2.24) is 0 Å². The molecule has 0 spiro atoms. The van der Waals surface area contributed by atoms with Gasteiger partial charge in [0.1, 0.15) is 11.8 Å². The number of carbonyl (C=O) groups is 1. The molecule has 1 N–H and O–H groups in total. The maximum atomic E-state index is 12.1. The van der Waals surface area contributed by atoms with Gasteiger partial charge in [-0.15, -0.1) is 0 Å². The van der Waals surface area contributed by atoms with E-state index < -0.39 is 5.78 Å². The molecule has 0 aliphatic rings. The van der Waals surface area contributed by atoms with Gasteiger partial charge in [-0.25, -0.2) is 0 Å². The molecule has 0 aliphatic heterocycles. The van der Waals surface area contributed by atoms with Crippen LogP contribution in [0.2, 0.25) is 0 Å². The van der Waals surface area contributed by atoms with Crippen LogP contribution in [0.4, 0.5) is 5.69 Å². The molecular formula is C16H13N3O2. The highest BCUT2D eigenvalue weighted by atomic mass is 16.5. The number of hydrazone groups is 1. The average molecular weight is 279 g/mol. The van der Waals surface area contributed by atoms with E-state index in [4.69, 9.17) is 10.00 Å². The van der Waals surface area contributed by atoms with Gasteiger partial charge in [-0.1, -0.05) is 30.3 Å². The molecule has 0 saturated carbocycles. The van der Waals surface area contributed by atoms with Crippen molar-refractivity contribution in [3.05, 3.63) is 60.2 Å². The molecule has 0 saturated heterocycles. The maximum absolute atomic E-state index is 12.1. The molecule has 0 bridgehead atoms. The summed E-state index contributed by atoms with van der Waals surface area (Å²) in [4.78, 5) is 12.1. The fraction of sp³-hybridized carbons (Fsp3) is 0.0625. The molecule has 2 aromatic rings. The minimum Gasteiger partial charge on any atom is -0.497 e. The third-order valence-corrected chi connectivity index (χ3v) is 2.74. The second kappa shape index (κ2) is 6.87. The predicted octanol–water partition coefficient (Wildman–Crippen LogP) is 2.87. The number of anilines is 1. The standard InChI is InChI=1S/C16H13N3O2/c1-21-14-9-7-13(8-10-14)18-19-15(11-17)16(20)12-5-3-2-4-6-12/h2-10,18H,1H3/b19-15-. The molecule has 0 fully saturated rings. The van der Waals surface area contributed by atoms with E-state index in [9.17, 15) is 4.79 Å². The SMILES string of the molecule is COc1ccc(N/N=C(/C#N)C(=O)c2ccccc2)cc1. The van der Waals surface area contributed by atoms with Gasteiger partial charge in [0.2, 0.25) is 11.5 Å². The van der Waals surface area contributed by atoms with Crippen LogP contribution in [0.5, 0.6) is 5.75 Å². The van der Waals surface area contributed by atoms with Crippen LogP contribution in [-0.4, -0.2) is 18.6 Å². The van der Waals surface area contributed by atoms with Crippen molar-refractivity contribution in [2.75, 3.05) is 12.5 Å². The number of nitrogens with one attached hydrogen (secondary N) is 1. The van der Waals surface area contributed by atoms with Crippen LogP contribution in [-0.2, 0) is 0 Å². The summed E-state index contributed by atoms with van der Waals surface area (Å²) in [6.07, 6.45) is 0. The smallest absolute Gasteiger partial charge is 0.223 e. The molecule has 2 aromatic carbocycles. The highest BCUT2D eigenvalue weighted by molar-refractivity contribution is 6.51. The van der Waals surface area contributed by atoms with Crippen LogP contribution in [0.1, 0.15) is 10.4 Å². The van der Waals surface area contributed by atoms with E-state index in [1.165, 1.54) is 0 Å². The Balaban J connectivity index is 2.13. The number of hydrogen-bond donors (Lipinski definition) is 1. The van der Waals surface area contributed by atoms with Gasteiger partial charge in [0.05, 0.1) is 12.8 Å². The summed E-state index contributed by atoms with van der Waals surface area (Å²) in [6, 6.07) is 17.3. The molecular weight excluding hydrogens is 266 g/mol. The van der Waals surface area contributed by atoms with E-state index in [2.05, 4.69) is 10.5 Å². The zero-order valence-electron chi connectivity index (χ0n) is 11.4. The molecule has 0 aliphatic carbocycles. The number of hydrogen-bond acceptors (Lipinski definition) is 5. The lowest BCUT2D eigenvalue weighted by Crippen LogP contribution is -2.14. The number of methoxy groups -OCH3 is 1. The first-order valence-electron chi connectivity index (χ1n) is 6.22. The van der Waals surface area contributed by atoms with Crippen molar-refractivity contribution in [2.24, 2.45) is 5.10 Å². The summed E-state index contributed by atoms with van der Waals surface area (Å²) in [5.74, 6) is 0.296. The Kier molecular flexibility index (Phi) is 4.67. The van der Waals surface area contributed by atoms with Gasteiger partial charge in [-0.2, -0.15) is 10.4 Å². The molecule has 0 radical (unpaired) electrons. The number of carbonyl (C=O) groups excluding carboxylic acids is 1. The van der Waals surface area contributed by atoms with E-state index in [-0.39, 0.29) is 5.71 Å². The lowest BCUT2D eigenvalue weighted by atomic mass is 10.1. The Bertz CT molecular complexity index is 686. The summed E-state index contributed by atoms with van der Waals surface area (Å²) in [5.41, 5.74) is 3.57. The van der Waals surface area contributed by atoms with Crippen LogP contribution in [0, 0.1) is 11.3 Å². The number of Topliss-reactive ketones (excluding diaryl/α,β-unsaturated/α-hetero) is 1. The molecule has 0 amide bonds. The van der Waals surface area contributed by atoms with Crippen molar-refractivity contribution in [1.29, 1.82) is 5.26 Å². The fourth-order valence-corrected chi connectivity index (χ4v) is 1.64. The second-order valence-corrected chi connectivity index (χ2v) is 4.11. The average Bonchev–Trinajstić information content (AvgIpc) is 2.56. The van der Waals surface area contributed by atoms with Gasteiger partial charge in [-0.3, -0.25) is 10.2 Å². The van der Waals surface area contributed by atoms with Gasteiger partial charge in [0, 0.05) is 5.56 Å². The monoisotopic (exact) mass is 279 g/mol. The van der Waals surface area contributed by atoms with Gasteiger partial charge < -0.3 is 4.74 Å². The van der Waals surface area contributed by atoms with Crippen molar-refractivity contribution in [2.45, 2.75) is 0 Å². The molecule has 0 atom stereocenters. The fourth-order valence-electron chi connectivity index (χ4n) is 1.64. The molecule has 5 nitrogen and oxygen atoms in total. The number of benzene rings is 2. The lowest BCUT2D eigenvalue weighted by Gasteiger charge is -2.03. The summed E-state index contributed by atoms with van der Waals surface area (Å²) in [5, 5.41) is 12.9. The molecule has 0 aromatic heterocycles. The third-order valence-electron chi connectivity index (χ3n) is 2.74. The van der Waals surface area contributed by atoms with Crippen LogP contribution in [0.15, 0.2) is 59.7 Å². The lowest BCUT2D eigenvalue weighted by molar-refractivity contribution is 0.106. The highest BCUT2D eigenvalue weighted by Gasteiger charge is 2.13. The minimum atomic E-state index is -0.417. The van der Waals surface area contributed by atoms with Crippen LogP contribution < -0.4 is 10.2 Å². The predicted molar refractivity (Wildman–Crippen MR) is 80.4 cm³/mol. The summed E-state index contributed by atoms with van der Waals surface area (Å²) < 4.78 is 5.04. The number of rotatable bonds is 5. The molecule has 21 heavy (non-hydrogen) atoms. The van der Waals surface area contributed by atoms with E-state index in [1.54, 1.807) is 67.8 Å². The Morgan fingerprint density at radius 1 is 1.14 bits per heavy atom. The Morgan fingerprint density at radius 3 is 2.38 bits per heavy atom. The molecule has 104 valence electrons. The zero-order valence-corrected chi connectivity index (χ0v) is 11.4. The maximum Gasteiger partial charge on any atom is 0.223 e. The quantitative estimate of drug-likeness (QED) is 0.519. The van der Waals surface area contributed by atoms with Crippen molar-refractivity contribution >= 4 is 17.2 Å². The van der Waals surface area contributed by atoms with Gasteiger partial charge in [-0.05, 0) is 24.3 Å². The number of ketones is 1. The minimum absolute atomic E-state index is 0.197. The Labute approximate surface area is 122 Å². The van der Waals surface area contributed by atoms with Gasteiger partial charge in [0.25, 0.3) is 0 Å². The van der Waals surface area contributed by atoms with Gasteiger partial charge in [0.15, 0.2) is 0 Å². The molecule has 0 heterocycles. The van der Waals surface area contributed by atoms with Crippen LogP contribution in [0.25, 0.3) is 0 Å². The van der Waals surface area contributed by atoms with Gasteiger partial charge >= 0.3 is 0 Å². The van der Waals surface area contributed by atoms with E-state index in [0.717, 1.165) is 0 Å². The highest BCUT2D eigenvalue weighted by Crippen LogP contribution is 2.15. The summed E-state index contributed by atoms with van der Waals surface area (Å²) in [7, 11) is 1.58. The van der Waals surface area contributed by atoms with Crippen LogP contribution in [0.3, 0.4) is 0 Å². The Hall–Kier alpha value is -3.13. The third kappa shape index (κ3) is 3.67. The second-order valence-electron chi connectivity index (χ2n) is 4.11. The molecule has 5 heteroatoms. The van der Waals surface area contributed by atoms with Crippen LogP contribution >= 0.6 is 0 Å². The first-order chi connectivity index (χ1) is 10.2. The first-order valence-corrected chi connectivity index (χ1v) is 6.22. The first kappa shape index (κ1) is 14.3. The number of nitriles is 1. The zero-order chi connectivity index (χ0) is 15.1. The summed E-state index contributed by atoms with van der Waals surface area (Å²) >= 11 is 0. The van der Waals surface area contributed by atoms with Crippen molar-refractivity contribution in [3.63, 3.8) is 0 Å².